The summed E-state index contributed by atoms with van der Waals surface area (Å²) in [5.74, 6) is -2.09. The van der Waals surface area contributed by atoms with Crippen LogP contribution in [0, 0.1) is 0 Å². The van der Waals surface area contributed by atoms with Crippen LogP contribution in [0.1, 0.15) is 29.8 Å². The Balaban J connectivity index is 2.66. The second kappa shape index (κ2) is 3.35. The number of phenols is 1. The first-order chi connectivity index (χ1) is 7.47. The van der Waals surface area contributed by atoms with Gasteiger partial charge in [0.05, 0.1) is 11.1 Å². The highest BCUT2D eigenvalue weighted by Gasteiger charge is 2.43. The molecule has 1 unspecified atom stereocenters. The summed E-state index contributed by atoms with van der Waals surface area (Å²) in [7, 11) is 0. The summed E-state index contributed by atoms with van der Waals surface area (Å²) in [6.45, 7) is 3.07. The van der Waals surface area contributed by atoms with Crippen molar-refractivity contribution in [2.45, 2.75) is 19.6 Å². The molecule has 1 heterocycles. The molecule has 16 heavy (non-hydrogen) atoms. The Labute approximate surface area is 92.8 Å². The molecule has 1 aliphatic heterocycles. The van der Waals surface area contributed by atoms with E-state index in [1.165, 1.54) is 19.1 Å². The molecule has 0 saturated carbocycles. The quantitative estimate of drug-likeness (QED) is 0.756. The molecule has 0 aromatic heterocycles. The number of aliphatic hydroxyl groups is 1. The fourth-order valence-corrected chi connectivity index (χ4v) is 1.70. The van der Waals surface area contributed by atoms with Crippen molar-refractivity contribution >= 4 is 11.9 Å². The van der Waals surface area contributed by atoms with Gasteiger partial charge in [0, 0.05) is 6.92 Å². The number of carbonyl (C=O) groups is 1. The zero-order valence-corrected chi connectivity index (χ0v) is 9.02. The SMILES string of the molecule is C/C=C/c1c(O)ccc2c1OC(C)(O)C2=O. The van der Waals surface area contributed by atoms with Gasteiger partial charge in [0.25, 0.3) is 5.79 Å². The van der Waals surface area contributed by atoms with Crippen LogP contribution in [0.3, 0.4) is 0 Å². The van der Waals surface area contributed by atoms with Gasteiger partial charge in [0.2, 0.25) is 5.78 Å². The largest absolute Gasteiger partial charge is 0.507 e. The molecule has 1 atom stereocenters. The minimum Gasteiger partial charge on any atom is -0.507 e. The number of fused-ring (bicyclic) bond motifs is 1. The summed E-state index contributed by atoms with van der Waals surface area (Å²) in [6, 6.07) is 2.86. The van der Waals surface area contributed by atoms with Gasteiger partial charge in [0.15, 0.2) is 0 Å². The summed E-state index contributed by atoms with van der Waals surface area (Å²) < 4.78 is 5.17. The molecule has 0 bridgehead atoms. The number of ether oxygens (including phenoxy) is 1. The molecular weight excluding hydrogens is 208 g/mol. The number of ketones is 1. The summed E-state index contributed by atoms with van der Waals surface area (Å²) in [4.78, 5) is 11.7. The average Bonchev–Trinajstić information content (AvgIpc) is 2.44. The maximum Gasteiger partial charge on any atom is 0.270 e. The van der Waals surface area contributed by atoms with Crippen molar-refractivity contribution in [3.05, 3.63) is 29.3 Å². The predicted molar refractivity (Wildman–Crippen MR) is 58.4 cm³/mol. The Hall–Kier alpha value is -1.81. The fraction of sp³-hybridized carbons (Fsp3) is 0.250. The Kier molecular flexibility index (Phi) is 2.24. The lowest BCUT2D eigenvalue weighted by atomic mass is 10.0. The van der Waals surface area contributed by atoms with E-state index in [1.807, 2.05) is 0 Å². The number of allylic oxidation sites excluding steroid dienone is 1. The second-order valence-electron chi connectivity index (χ2n) is 3.79. The maximum absolute atomic E-state index is 11.7. The third-order valence-corrected chi connectivity index (χ3v) is 2.47. The molecule has 4 heteroatoms. The summed E-state index contributed by atoms with van der Waals surface area (Å²) in [5.41, 5.74) is 0.696. The van der Waals surface area contributed by atoms with Crippen LogP contribution in [-0.4, -0.2) is 21.8 Å². The Morgan fingerprint density at radius 2 is 2.12 bits per heavy atom. The first kappa shape index (κ1) is 10.7. The number of hydrogen-bond donors (Lipinski definition) is 2. The van der Waals surface area contributed by atoms with Crippen LogP contribution in [0.25, 0.3) is 6.08 Å². The zero-order valence-electron chi connectivity index (χ0n) is 9.02. The summed E-state index contributed by atoms with van der Waals surface area (Å²) in [5, 5.41) is 19.3. The second-order valence-corrected chi connectivity index (χ2v) is 3.79. The number of Topliss-reactive ketones (excluding diaryl/α,β-unsaturated/α-hetero) is 1. The first-order valence-electron chi connectivity index (χ1n) is 4.92. The summed E-state index contributed by atoms with van der Waals surface area (Å²) in [6.07, 6.45) is 3.35. The van der Waals surface area contributed by atoms with Crippen LogP contribution >= 0.6 is 0 Å². The van der Waals surface area contributed by atoms with Crippen molar-refractivity contribution in [1.82, 2.24) is 0 Å². The Bertz CT molecular complexity index is 486. The Morgan fingerprint density at radius 1 is 1.44 bits per heavy atom. The number of rotatable bonds is 1. The lowest BCUT2D eigenvalue weighted by molar-refractivity contribution is -0.0750. The monoisotopic (exact) mass is 220 g/mol. The molecule has 0 spiro atoms. The highest BCUT2D eigenvalue weighted by atomic mass is 16.6. The van der Waals surface area contributed by atoms with Gasteiger partial charge < -0.3 is 14.9 Å². The number of aromatic hydroxyl groups is 1. The van der Waals surface area contributed by atoms with Gasteiger partial charge in [-0.3, -0.25) is 4.79 Å². The zero-order chi connectivity index (χ0) is 11.9. The molecule has 4 nitrogen and oxygen atoms in total. The van der Waals surface area contributed by atoms with E-state index in [2.05, 4.69) is 0 Å². The average molecular weight is 220 g/mol. The van der Waals surface area contributed by atoms with E-state index in [4.69, 9.17) is 4.74 Å². The van der Waals surface area contributed by atoms with Crippen LogP contribution in [0.2, 0.25) is 0 Å². The molecule has 84 valence electrons. The maximum atomic E-state index is 11.7. The van der Waals surface area contributed by atoms with Crippen molar-refractivity contribution in [3.8, 4) is 11.5 Å². The van der Waals surface area contributed by atoms with Crippen molar-refractivity contribution in [2.24, 2.45) is 0 Å². The van der Waals surface area contributed by atoms with Gasteiger partial charge in [0.1, 0.15) is 11.5 Å². The van der Waals surface area contributed by atoms with E-state index in [9.17, 15) is 15.0 Å². The molecule has 1 aromatic rings. The van der Waals surface area contributed by atoms with E-state index >= 15 is 0 Å². The minimum atomic E-state index is -1.84. The predicted octanol–water partition coefficient (Wildman–Crippen LogP) is 1.71. The van der Waals surface area contributed by atoms with E-state index in [1.54, 1.807) is 19.1 Å². The highest BCUT2D eigenvalue weighted by molar-refractivity contribution is 6.07. The van der Waals surface area contributed by atoms with Crippen LogP contribution in [0.15, 0.2) is 18.2 Å². The molecule has 2 rings (SSSR count). The van der Waals surface area contributed by atoms with Crippen molar-refractivity contribution < 1.29 is 19.7 Å². The lowest BCUT2D eigenvalue weighted by Gasteiger charge is -2.14. The molecular formula is C12H12O4. The van der Waals surface area contributed by atoms with E-state index < -0.39 is 11.6 Å². The van der Waals surface area contributed by atoms with E-state index in [0.717, 1.165) is 0 Å². The van der Waals surface area contributed by atoms with Crippen LogP contribution in [0.4, 0.5) is 0 Å². The topological polar surface area (TPSA) is 66.8 Å². The minimum absolute atomic E-state index is 0.0161. The number of hydrogen-bond acceptors (Lipinski definition) is 4. The normalized spacial score (nSPS) is 23.6. The standard InChI is InChI=1S/C12H12O4/c1-3-4-7-9(13)6-5-8-10(7)16-12(2,15)11(8)14/h3-6,13,15H,1-2H3/b4-3+. The third kappa shape index (κ3) is 1.39. The van der Waals surface area contributed by atoms with Crippen molar-refractivity contribution in [2.75, 3.05) is 0 Å². The van der Waals surface area contributed by atoms with Crippen molar-refractivity contribution in [3.63, 3.8) is 0 Å². The molecule has 1 aliphatic rings. The number of benzene rings is 1. The summed E-state index contributed by atoms with van der Waals surface area (Å²) >= 11 is 0. The van der Waals surface area contributed by atoms with E-state index in [0.29, 0.717) is 5.56 Å². The molecule has 1 aromatic carbocycles. The molecule has 0 amide bonds. The third-order valence-electron chi connectivity index (χ3n) is 2.47. The lowest BCUT2D eigenvalue weighted by Crippen LogP contribution is -2.35. The highest BCUT2D eigenvalue weighted by Crippen LogP contribution is 2.41. The molecule has 0 fully saturated rings. The van der Waals surface area contributed by atoms with Gasteiger partial charge in [-0.2, -0.15) is 0 Å². The fourth-order valence-electron chi connectivity index (χ4n) is 1.70. The molecule has 0 radical (unpaired) electrons. The van der Waals surface area contributed by atoms with Gasteiger partial charge >= 0.3 is 0 Å². The number of carbonyl (C=O) groups excluding carboxylic acids is 1. The number of phenolic OH excluding ortho intramolecular Hbond substituents is 1. The smallest absolute Gasteiger partial charge is 0.270 e. The van der Waals surface area contributed by atoms with Gasteiger partial charge in [-0.05, 0) is 19.1 Å². The van der Waals surface area contributed by atoms with Crippen LogP contribution in [0.5, 0.6) is 11.5 Å². The molecule has 2 N–H and O–H groups in total. The van der Waals surface area contributed by atoms with E-state index in [-0.39, 0.29) is 17.1 Å². The van der Waals surface area contributed by atoms with Crippen molar-refractivity contribution in [1.29, 1.82) is 0 Å². The van der Waals surface area contributed by atoms with Gasteiger partial charge in [-0.25, -0.2) is 0 Å². The van der Waals surface area contributed by atoms with Gasteiger partial charge in [-0.1, -0.05) is 12.2 Å². The van der Waals surface area contributed by atoms with Crippen LogP contribution < -0.4 is 4.74 Å². The molecule has 0 aliphatic carbocycles. The van der Waals surface area contributed by atoms with Gasteiger partial charge in [-0.15, -0.1) is 0 Å². The van der Waals surface area contributed by atoms with Crippen LogP contribution in [-0.2, 0) is 0 Å². The first-order valence-corrected chi connectivity index (χ1v) is 4.92. The Morgan fingerprint density at radius 3 is 2.75 bits per heavy atom. The molecule has 0 saturated heterocycles.